The number of ketones is 2. The van der Waals surface area contributed by atoms with Gasteiger partial charge in [-0.2, -0.15) is 0 Å². The van der Waals surface area contributed by atoms with E-state index in [0.29, 0.717) is 41.5 Å². The van der Waals surface area contributed by atoms with E-state index in [2.05, 4.69) is 45.9 Å². The highest BCUT2D eigenvalue weighted by Gasteiger charge is 2.30. The minimum Gasteiger partial charge on any atom is -0.390 e. The molecule has 0 heterocycles. The van der Waals surface area contributed by atoms with Gasteiger partial charge in [0.15, 0.2) is 11.6 Å². The first-order chi connectivity index (χ1) is 16.0. The van der Waals surface area contributed by atoms with Gasteiger partial charge in [0.05, 0.1) is 5.60 Å². The van der Waals surface area contributed by atoms with Crippen LogP contribution in [0.2, 0.25) is 0 Å². The Balaban J connectivity index is 1.83. The minimum atomic E-state index is -0.883. The number of carbonyl (C=O) groups excluding carboxylic acids is 2. The number of hydrogen-bond acceptors (Lipinski definition) is 3. The lowest BCUT2D eigenvalue weighted by Gasteiger charge is -2.25. The van der Waals surface area contributed by atoms with Crippen LogP contribution in [-0.4, -0.2) is 22.3 Å². The SMILES string of the molecule is CC(C)=CCCC(C)=CCCC(C)=CCCC(C)(O)CCC1=C(C)C(=O)c2ccccc2C1=O. The van der Waals surface area contributed by atoms with Crippen molar-refractivity contribution in [2.24, 2.45) is 0 Å². The second kappa shape index (κ2) is 12.8. The highest BCUT2D eigenvalue weighted by molar-refractivity contribution is 6.26. The van der Waals surface area contributed by atoms with Gasteiger partial charge in [-0.05, 0) is 92.9 Å². The Kier molecular flexibility index (Phi) is 10.4. The van der Waals surface area contributed by atoms with Gasteiger partial charge in [-0.15, -0.1) is 0 Å². The summed E-state index contributed by atoms with van der Waals surface area (Å²) in [4.78, 5) is 25.6. The molecule has 0 amide bonds. The largest absolute Gasteiger partial charge is 0.390 e. The van der Waals surface area contributed by atoms with Crippen molar-refractivity contribution in [3.05, 3.63) is 81.5 Å². The molecule has 1 aromatic carbocycles. The smallest absolute Gasteiger partial charge is 0.190 e. The lowest BCUT2D eigenvalue weighted by atomic mass is 9.81. The second-order valence-electron chi connectivity index (χ2n) is 10.3. The molecule has 1 aliphatic rings. The van der Waals surface area contributed by atoms with Crippen molar-refractivity contribution in [3.8, 4) is 0 Å². The fourth-order valence-corrected chi connectivity index (χ4v) is 4.34. The van der Waals surface area contributed by atoms with Crippen molar-refractivity contribution in [1.82, 2.24) is 0 Å². The van der Waals surface area contributed by atoms with Crippen molar-refractivity contribution < 1.29 is 14.7 Å². The summed E-state index contributed by atoms with van der Waals surface area (Å²) in [7, 11) is 0. The predicted octanol–water partition coefficient (Wildman–Crippen LogP) is 8.11. The van der Waals surface area contributed by atoms with E-state index >= 15 is 0 Å². The Hall–Kier alpha value is -2.52. The van der Waals surface area contributed by atoms with Gasteiger partial charge < -0.3 is 5.11 Å². The molecule has 1 aliphatic carbocycles. The monoisotopic (exact) mass is 462 g/mol. The van der Waals surface area contributed by atoms with Gasteiger partial charge in [-0.25, -0.2) is 0 Å². The zero-order chi connectivity index (χ0) is 25.3. The molecule has 184 valence electrons. The van der Waals surface area contributed by atoms with E-state index in [1.807, 2.05) is 6.92 Å². The third-order valence-corrected chi connectivity index (χ3v) is 6.70. The van der Waals surface area contributed by atoms with Gasteiger partial charge in [0.25, 0.3) is 0 Å². The molecule has 0 saturated carbocycles. The van der Waals surface area contributed by atoms with E-state index in [-0.39, 0.29) is 11.6 Å². The number of fused-ring (bicyclic) bond motifs is 1. The molecule has 3 nitrogen and oxygen atoms in total. The summed E-state index contributed by atoms with van der Waals surface area (Å²) in [6, 6.07) is 7.00. The highest BCUT2D eigenvalue weighted by atomic mass is 16.3. The van der Waals surface area contributed by atoms with Crippen molar-refractivity contribution in [3.63, 3.8) is 0 Å². The van der Waals surface area contributed by atoms with Crippen molar-refractivity contribution in [1.29, 1.82) is 0 Å². The average molecular weight is 463 g/mol. The number of aliphatic hydroxyl groups is 1. The average Bonchev–Trinajstić information content (AvgIpc) is 2.77. The van der Waals surface area contributed by atoms with Gasteiger partial charge in [0.2, 0.25) is 0 Å². The van der Waals surface area contributed by atoms with E-state index in [9.17, 15) is 14.7 Å². The van der Waals surface area contributed by atoms with Crippen LogP contribution in [-0.2, 0) is 0 Å². The molecule has 0 aromatic heterocycles. The first kappa shape index (κ1) is 27.7. The predicted molar refractivity (Wildman–Crippen MR) is 142 cm³/mol. The molecule has 0 aliphatic heterocycles. The maximum Gasteiger partial charge on any atom is 0.190 e. The number of rotatable bonds is 12. The van der Waals surface area contributed by atoms with E-state index in [4.69, 9.17) is 0 Å². The standard InChI is InChI=1S/C31H42O3/c1-22(2)12-9-13-23(3)14-10-15-24(4)16-11-20-31(6,34)21-19-26-25(5)29(32)27-17-7-8-18-28(27)30(26)33/h7-8,12,14,16-18,34H,9-11,13,15,19-21H2,1-6H3. The zero-order valence-corrected chi connectivity index (χ0v) is 22.0. The van der Waals surface area contributed by atoms with Crippen LogP contribution in [0.3, 0.4) is 0 Å². The third kappa shape index (κ3) is 8.36. The Labute approximate surface area is 206 Å². The van der Waals surface area contributed by atoms with Crippen molar-refractivity contribution in [2.45, 2.75) is 98.5 Å². The first-order valence-electron chi connectivity index (χ1n) is 12.6. The van der Waals surface area contributed by atoms with Crippen LogP contribution in [0.4, 0.5) is 0 Å². The molecular weight excluding hydrogens is 420 g/mol. The van der Waals surface area contributed by atoms with E-state index in [0.717, 1.165) is 32.1 Å². The summed E-state index contributed by atoms with van der Waals surface area (Å²) in [6.45, 7) is 12.2. The van der Waals surface area contributed by atoms with Gasteiger partial charge in [-0.1, -0.05) is 59.2 Å². The maximum absolute atomic E-state index is 12.9. The number of benzene rings is 1. The highest BCUT2D eigenvalue weighted by Crippen LogP contribution is 2.31. The summed E-state index contributed by atoms with van der Waals surface area (Å²) < 4.78 is 0. The molecule has 0 radical (unpaired) electrons. The summed E-state index contributed by atoms with van der Waals surface area (Å²) in [5.74, 6) is -0.159. The van der Waals surface area contributed by atoms with Crippen LogP contribution in [0.15, 0.2) is 70.4 Å². The molecule has 34 heavy (non-hydrogen) atoms. The molecular formula is C31H42O3. The van der Waals surface area contributed by atoms with Crippen LogP contribution in [0.5, 0.6) is 0 Å². The number of allylic oxidation sites excluding steroid dienone is 8. The zero-order valence-electron chi connectivity index (χ0n) is 22.0. The molecule has 1 aromatic rings. The molecule has 0 saturated heterocycles. The van der Waals surface area contributed by atoms with Crippen LogP contribution < -0.4 is 0 Å². The lowest BCUT2D eigenvalue weighted by molar-refractivity contribution is 0.0429. The molecule has 1 N–H and O–H groups in total. The molecule has 0 spiro atoms. The van der Waals surface area contributed by atoms with Crippen molar-refractivity contribution in [2.75, 3.05) is 0 Å². The molecule has 0 fully saturated rings. The Morgan fingerprint density at radius 3 is 1.94 bits per heavy atom. The van der Waals surface area contributed by atoms with E-state index < -0.39 is 5.60 Å². The van der Waals surface area contributed by atoms with E-state index in [1.54, 1.807) is 31.2 Å². The molecule has 1 unspecified atom stereocenters. The van der Waals surface area contributed by atoms with Gasteiger partial charge in [-0.3, -0.25) is 9.59 Å². The fourth-order valence-electron chi connectivity index (χ4n) is 4.34. The summed E-state index contributed by atoms with van der Waals surface area (Å²) in [6.07, 6.45) is 13.5. The maximum atomic E-state index is 12.9. The summed E-state index contributed by atoms with van der Waals surface area (Å²) in [5.41, 5.74) is 5.29. The van der Waals surface area contributed by atoms with Crippen molar-refractivity contribution >= 4 is 11.6 Å². The molecule has 0 bridgehead atoms. The second-order valence-corrected chi connectivity index (χ2v) is 10.3. The molecule has 1 atom stereocenters. The summed E-state index contributed by atoms with van der Waals surface area (Å²) >= 11 is 0. The van der Waals surface area contributed by atoms with Gasteiger partial charge in [0, 0.05) is 22.3 Å². The third-order valence-electron chi connectivity index (χ3n) is 6.70. The van der Waals surface area contributed by atoms with Crippen LogP contribution in [0, 0.1) is 0 Å². The number of carbonyl (C=O) groups is 2. The van der Waals surface area contributed by atoms with E-state index in [1.165, 1.54) is 16.7 Å². The quantitative estimate of drug-likeness (QED) is 0.319. The number of Topliss-reactive ketones (excluding diaryl/α,β-unsaturated/α-hetero) is 2. The Morgan fingerprint density at radius 2 is 1.35 bits per heavy atom. The first-order valence-corrected chi connectivity index (χ1v) is 12.6. The van der Waals surface area contributed by atoms with Gasteiger partial charge in [0.1, 0.15) is 0 Å². The minimum absolute atomic E-state index is 0.0790. The fraction of sp³-hybridized carbons (Fsp3) is 0.484. The topological polar surface area (TPSA) is 54.4 Å². The normalized spacial score (nSPS) is 16.4. The number of hydrogen-bond donors (Lipinski definition) is 1. The lowest BCUT2D eigenvalue weighted by Crippen LogP contribution is -2.26. The molecule has 3 heteroatoms. The van der Waals surface area contributed by atoms with Crippen LogP contribution in [0.1, 0.15) is 114 Å². The Bertz CT molecular complexity index is 1010. The molecule has 2 rings (SSSR count). The van der Waals surface area contributed by atoms with Crippen LogP contribution in [0.25, 0.3) is 0 Å². The summed E-state index contributed by atoms with van der Waals surface area (Å²) in [5, 5.41) is 10.9. The van der Waals surface area contributed by atoms with Crippen LogP contribution >= 0.6 is 0 Å². The van der Waals surface area contributed by atoms with Gasteiger partial charge >= 0.3 is 0 Å². The Morgan fingerprint density at radius 1 is 0.824 bits per heavy atom.